The van der Waals surface area contributed by atoms with Gasteiger partial charge < -0.3 is 4.98 Å². The number of hydrogen-bond acceptors (Lipinski definition) is 2. The number of nitrogens with zero attached hydrogens (tertiary/aromatic N) is 3. The van der Waals surface area contributed by atoms with Gasteiger partial charge in [0.05, 0.1) is 16.9 Å². The van der Waals surface area contributed by atoms with Crippen LogP contribution in [0.15, 0.2) is 109 Å². The van der Waals surface area contributed by atoms with Gasteiger partial charge in [-0.2, -0.15) is 0 Å². The van der Waals surface area contributed by atoms with Gasteiger partial charge in [-0.3, -0.25) is 9.55 Å². The van der Waals surface area contributed by atoms with Crippen LogP contribution in [0.4, 0.5) is 0 Å². The van der Waals surface area contributed by atoms with E-state index in [1.165, 1.54) is 21.9 Å². The zero-order valence-corrected chi connectivity index (χ0v) is 21.7. The molecule has 0 atom stereocenters. The minimum Gasteiger partial charge on any atom is -0.343 e. The summed E-state index contributed by atoms with van der Waals surface area (Å²) >= 11 is 0. The molecule has 3 aromatic carbocycles. The summed E-state index contributed by atoms with van der Waals surface area (Å²) < 4.78 is 2.30. The number of nitrogens with one attached hydrogen (secondary N) is 1. The van der Waals surface area contributed by atoms with Crippen LogP contribution in [0, 0.1) is 0 Å². The highest BCUT2D eigenvalue weighted by Gasteiger charge is 2.24. The van der Waals surface area contributed by atoms with E-state index in [1.807, 2.05) is 24.4 Å². The Hall–Kier alpha value is -4.70. The second-order valence-electron chi connectivity index (χ2n) is 10.9. The van der Waals surface area contributed by atoms with E-state index in [-0.39, 0.29) is 5.41 Å². The van der Waals surface area contributed by atoms with Gasteiger partial charge in [-0.1, -0.05) is 87.5 Å². The van der Waals surface area contributed by atoms with E-state index in [1.54, 1.807) is 0 Å². The molecule has 1 N–H and O–H groups in total. The highest BCUT2D eigenvalue weighted by molar-refractivity contribution is 6.09. The maximum Gasteiger partial charge on any atom is 0.147 e. The van der Waals surface area contributed by atoms with Gasteiger partial charge in [0, 0.05) is 50.0 Å². The van der Waals surface area contributed by atoms with Crippen molar-refractivity contribution in [1.29, 1.82) is 0 Å². The molecule has 0 radical (unpaired) electrons. The number of pyridine rings is 2. The average molecular weight is 493 g/mol. The number of hydrogen-bond donors (Lipinski definition) is 1. The molecule has 0 aliphatic rings. The van der Waals surface area contributed by atoms with Crippen molar-refractivity contribution < 1.29 is 0 Å². The van der Waals surface area contributed by atoms with Crippen LogP contribution in [-0.2, 0) is 5.41 Å². The van der Waals surface area contributed by atoms with Gasteiger partial charge in [0.1, 0.15) is 11.5 Å². The van der Waals surface area contributed by atoms with Crippen molar-refractivity contribution in [2.24, 2.45) is 0 Å². The van der Waals surface area contributed by atoms with Gasteiger partial charge in [0.15, 0.2) is 0 Å². The smallest absolute Gasteiger partial charge is 0.147 e. The quantitative estimate of drug-likeness (QED) is 0.268. The monoisotopic (exact) mass is 492 g/mol. The van der Waals surface area contributed by atoms with E-state index >= 15 is 0 Å². The topological polar surface area (TPSA) is 46.5 Å². The minimum atomic E-state index is -0.0267. The summed E-state index contributed by atoms with van der Waals surface area (Å²) in [4.78, 5) is 13.7. The number of fused-ring (bicyclic) bond motifs is 4. The molecular formula is C34H28N4. The molecule has 7 aromatic rings. The fourth-order valence-electron chi connectivity index (χ4n) is 5.53. The zero-order valence-electron chi connectivity index (χ0n) is 21.7. The fraction of sp³-hybridized carbons (Fsp3) is 0.118. The first-order chi connectivity index (χ1) is 18.5. The first-order valence-corrected chi connectivity index (χ1v) is 13.0. The van der Waals surface area contributed by atoms with Crippen LogP contribution in [0.2, 0.25) is 0 Å². The first-order valence-electron chi connectivity index (χ1n) is 13.0. The van der Waals surface area contributed by atoms with E-state index in [0.29, 0.717) is 0 Å². The molecule has 184 valence electrons. The summed E-state index contributed by atoms with van der Waals surface area (Å²) in [5.41, 5.74) is 7.33. The Kier molecular flexibility index (Phi) is 4.98. The highest BCUT2D eigenvalue weighted by atomic mass is 15.1. The molecule has 0 saturated carbocycles. The molecule has 0 spiro atoms. The minimum absolute atomic E-state index is 0.0267. The Morgan fingerprint density at radius 1 is 0.632 bits per heavy atom. The van der Waals surface area contributed by atoms with Crippen LogP contribution in [0.25, 0.3) is 61.0 Å². The molecule has 0 aliphatic carbocycles. The SMILES string of the molecule is CC(C)(C)c1[nH]c(-n2c3ccccc3c3ccc(-c4cccc(-c5ccccn5)c4)nc32)c2ccccc12. The predicted octanol–water partition coefficient (Wildman–Crippen LogP) is 8.69. The van der Waals surface area contributed by atoms with E-state index in [9.17, 15) is 0 Å². The molecule has 4 heteroatoms. The number of aromatic nitrogens is 4. The van der Waals surface area contributed by atoms with Crippen molar-refractivity contribution >= 4 is 32.7 Å². The summed E-state index contributed by atoms with van der Waals surface area (Å²) in [6.45, 7) is 6.77. The molecule has 4 aromatic heterocycles. The third-order valence-electron chi connectivity index (χ3n) is 7.31. The number of para-hydroxylation sites is 1. The summed E-state index contributed by atoms with van der Waals surface area (Å²) in [6, 6.07) is 36.0. The number of benzene rings is 3. The Labute approximate surface area is 221 Å². The Balaban J connectivity index is 1.50. The van der Waals surface area contributed by atoms with Crippen molar-refractivity contribution in [3.05, 3.63) is 115 Å². The summed E-state index contributed by atoms with van der Waals surface area (Å²) in [5, 5.41) is 4.78. The fourth-order valence-corrected chi connectivity index (χ4v) is 5.53. The van der Waals surface area contributed by atoms with Crippen LogP contribution in [0.3, 0.4) is 0 Å². The summed E-state index contributed by atoms with van der Waals surface area (Å²) in [7, 11) is 0. The van der Waals surface area contributed by atoms with Crippen molar-refractivity contribution in [3.63, 3.8) is 0 Å². The maximum atomic E-state index is 5.29. The Morgan fingerprint density at radius 3 is 2.11 bits per heavy atom. The van der Waals surface area contributed by atoms with E-state index < -0.39 is 0 Å². The van der Waals surface area contributed by atoms with Gasteiger partial charge in [-0.15, -0.1) is 0 Å². The first kappa shape index (κ1) is 22.5. The number of rotatable bonds is 3. The van der Waals surface area contributed by atoms with Crippen molar-refractivity contribution in [1.82, 2.24) is 19.5 Å². The Morgan fingerprint density at radius 2 is 1.34 bits per heavy atom. The van der Waals surface area contributed by atoms with Crippen LogP contribution >= 0.6 is 0 Å². The van der Waals surface area contributed by atoms with Gasteiger partial charge in [-0.05, 0) is 36.4 Å². The molecule has 4 heterocycles. The van der Waals surface area contributed by atoms with E-state index in [4.69, 9.17) is 4.98 Å². The lowest BCUT2D eigenvalue weighted by Crippen LogP contribution is -2.12. The summed E-state index contributed by atoms with van der Waals surface area (Å²) in [6.07, 6.45) is 1.83. The zero-order chi connectivity index (χ0) is 25.9. The molecule has 4 nitrogen and oxygen atoms in total. The maximum absolute atomic E-state index is 5.29. The predicted molar refractivity (Wildman–Crippen MR) is 158 cm³/mol. The lowest BCUT2D eigenvalue weighted by atomic mass is 9.90. The average Bonchev–Trinajstić information content (AvgIpc) is 3.49. The third-order valence-corrected chi connectivity index (χ3v) is 7.31. The summed E-state index contributed by atoms with van der Waals surface area (Å²) in [5.74, 6) is 1.06. The molecule has 7 rings (SSSR count). The number of aromatic amines is 1. The van der Waals surface area contributed by atoms with Crippen molar-refractivity contribution in [3.8, 4) is 28.3 Å². The lowest BCUT2D eigenvalue weighted by molar-refractivity contribution is 0.577. The van der Waals surface area contributed by atoms with E-state index in [0.717, 1.165) is 44.9 Å². The number of H-pyrrole nitrogens is 1. The Bertz CT molecular complexity index is 1950. The molecule has 38 heavy (non-hydrogen) atoms. The van der Waals surface area contributed by atoms with Gasteiger partial charge in [0.2, 0.25) is 0 Å². The second kappa shape index (κ2) is 8.42. The molecular weight excluding hydrogens is 464 g/mol. The standard InChI is InChI=1S/C34H28N4/c1-34(2,3)31-25-14-4-5-15-26(25)33(37-31)38-30-17-7-6-13-24(30)27-18-19-29(36-32(27)38)23-12-10-11-22(21-23)28-16-8-9-20-35-28/h4-21,37H,1-3H3. The van der Waals surface area contributed by atoms with E-state index in [2.05, 4.69) is 120 Å². The van der Waals surface area contributed by atoms with Crippen LogP contribution in [-0.4, -0.2) is 19.5 Å². The van der Waals surface area contributed by atoms with Crippen LogP contribution in [0.5, 0.6) is 0 Å². The van der Waals surface area contributed by atoms with Gasteiger partial charge >= 0.3 is 0 Å². The normalized spacial score (nSPS) is 12.1. The highest BCUT2D eigenvalue weighted by Crippen LogP contribution is 2.38. The molecule has 0 saturated heterocycles. The molecule has 0 unspecified atom stereocenters. The van der Waals surface area contributed by atoms with Crippen molar-refractivity contribution in [2.75, 3.05) is 0 Å². The van der Waals surface area contributed by atoms with Crippen molar-refractivity contribution in [2.45, 2.75) is 26.2 Å². The van der Waals surface area contributed by atoms with Gasteiger partial charge in [-0.25, -0.2) is 4.98 Å². The molecule has 0 aliphatic heterocycles. The second-order valence-corrected chi connectivity index (χ2v) is 10.9. The van der Waals surface area contributed by atoms with Gasteiger partial charge in [0.25, 0.3) is 0 Å². The third kappa shape index (κ3) is 3.52. The van der Waals surface area contributed by atoms with Crippen LogP contribution < -0.4 is 0 Å². The van der Waals surface area contributed by atoms with Crippen LogP contribution in [0.1, 0.15) is 26.5 Å². The molecule has 0 amide bonds. The molecule has 0 bridgehead atoms. The molecule has 0 fully saturated rings. The lowest BCUT2D eigenvalue weighted by Gasteiger charge is -2.17. The largest absolute Gasteiger partial charge is 0.343 e.